The van der Waals surface area contributed by atoms with Gasteiger partial charge in [0.05, 0.1) is 5.54 Å². The highest BCUT2D eigenvalue weighted by atomic mass is 16.2. The number of amides is 2. The molecule has 104 valence electrons. The van der Waals surface area contributed by atoms with Gasteiger partial charge in [0.2, 0.25) is 0 Å². The van der Waals surface area contributed by atoms with Crippen LogP contribution in [0.3, 0.4) is 0 Å². The quantitative estimate of drug-likeness (QED) is 0.801. The third kappa shape index (κ3) is 3.19. The minimum atomic E-state index is -0.188. The van der Waals surface area contributed by atoms with E-state index in [2.05, 4.69) is 12.2 Å². The van der Waals surface area contributed by atoms with Crippen molar-refractivity contribution in [1.82, 2.24) is 10.2 Å². The fraction of sp³-hybridized carbons (Fsp3) is 0.533. The van der Waals surface area contributed by atoms with E-state index in [0.29, 0.717) is 0 Å². The Balaban J connectivity index is 2.00. The van der Waals surface area contributed by atoms with Crippen molar-refractivity contribution < 1.29 is 4.79 Å². The zero-order valence-corrected chi connectivity index (χ0v) is 11.8. The second-order valence-corrected chi connectivity index (χ2v) is 5.41. The molecule has 2 amide bonds. The van der Waals surface area contributed by atoms with Crippen LogP contribution in [-0.2, 0) is 5.54 Å². The summed E-state index contributed by atoms with van der Waals surface area (Å²) in [7, 11) is 1.85. The van der Waals surface area contributed by atoms with E-state index in [0.717, 1.165) is 43.5 Å². The van der Waals surface area contributed by atoms with Crippen molar-refractivity contribution >= 4 is 11.7 Å². The smallest absolute Gasteiger partial charge is 0.317 e. The highest BCUT2D eigenvalue weighted by Gasteiger charge is 2.46. The van der Waals surface area contributed by atoms with Crippen molar-refractivity contribution in [3.8, 4) is 0 Å². The van der Waals surface area contributed by atoms with Crippen molar-refractivity contribution in [2.45, 2.75) is 38.1 Å². The maximum atomic E-state index is 12.1. The number of nitrogens with one attached hydrogen (secondary N) is 1. The number of unbranched alkanes of at least 4 members (excludes halogenated alkanes) is 1. The SMILES string of the molecule is CCCCN(C)C(=O)NC1(c2cccc(N)c2)CC1. The van der Waals surface area contributed by atoms with Crippen molar-refractivity contribution in [1.29, 1.82) is 0 Å². The standard InChI is InChI=1S/C15H23N3O/c1-3-4-10-18(2)14(19)17-15(8-9-15)12-6-5-7-13(16)11-12/h5-7,11H,3-4,8-10,16H2,1-2H3,(H,17,19). The summed E-state index contributed by atoms with van der Waals surface area (Å²) in [5.41, 5.74) is 7.49. The maximum absolute atomic E-state index is 12.1. The third-order valence-electron chi connectivity index (χ3n) is 3.73. The molecule has 1 saturated carbocycles. The van der Waals surface area contributed by atoms with Crippen LogP contribution in [0.2, 0.25) is 0 Å². The van der Waals surface area contributed by atoms with Gasteiger partial charge in [-0.1, -0.05) is 25.5 Å². The van der Waals surface area contributed by atoms with Gasteiger partial charge in [-0.15, -0.1) is 0 Å². The zero-order chi connectivity index (χ0) is 13.9. The van der Waals surface area contributed by atoms with E-state index in [-0.39, 0.29) is 11.6 Å². The van der Waals surface area contributed by atoms with Crippen LogP contribution in [0, 0.1) is 0 Å². The summed E-state index contributed by atoms with van der Waals surface area (Å²) in [6.07, 6.45) is 4.11. The predicted molar refractivity (Wildman–Crippen MR) is 77.8 cm³/mol. The summed E-state index contributed by atoms with van der Waals surface area (Å²) >= 11 is 0. The topological polar surface area (TPSA) is 58.4 Å². The Hall–Kier alpha value is -1.71. The monoisotopic (exact) mass is 261 g/mol. The van der Waals surface area contributed by atoms with Gasteiger partial charge < -0.3 is 16.0 Å². The number of carbonyl (C=O) groups is 1. The van der Waals surface area contributed by atoms with Crippen LogP contribution in [0.4, 0.5) is 10.5 Å². The van der Waals surface area contributed by atoms with Crippen molar-refractivity contribution in [3.05, 3.63) is 29.8 Å². The zero-order valence-electron chi connectivity index (χ0n) is 11.8. The van der Waals surface area contributed by atoms with E-state index in [4.69, 9.17) is 5.73 Å². The molecule has 0 heterocycles. The van der Waals surface area contributed by atoms with Crippen LogP contribution >= 0.6 is 0 Å². The van der Waals surface area contributed by atoms with Gasteiger partial charge in [0.15, 0.2) is 0 Å². The number of anilines is 1. The molecular weight excluding hydrogens is 238 g/mol. The van der Waals surface area contributed by atoms with Gasteiger partial charge in [0, 0.05) is 19.3 Å². The molecular formula is C15H23N3O. The summed E-state index contributed by atoms with van der Waals surface area (Å²) in [5.74, 6) is 0. The normalized spacial score (nSPS) is 15.9. The summed E-state index contributed by atoms with van der Waals surface area (Å²) in [4.78, 5) is 13.9. The first-order valence-electron chi connectivity index (χ1n) is 6.97. The molecule has 1 aromatic rings. The molecule has 0 atom stereocenters. The Bertz CT molecular complexity index is 454. The largest absolute Gasteiger partial charge is 0.399 e. The van der Waals surface area contributed by atoms with E-state index in [9.17, 15) is 4.79 Å². The number of nitrogens with zero attached hydrogens (tertiary/aromatic N) is 1. The summed E-state index contributed by atoms with van der Waals surface area (Å²) < 4.78 is 0. The molecule has 19 heavy (non-hydrogen) atoms. The third-order valence-corrected chi connectivity index (χ3v) is 3.73. The van der Waals surface area contributed by atoms with Gasteiger partial charge in [0.1, 0.15) is 0 Å². The second-order valence-electron chi connectivity index (χ2n) is 5.41. The Morgan fingerprint density at radius 1 is 1.47 bits per heavy atom. The van der Waals surface area contributed by atoms with E-state index in [1.165, 1.54) is 0 Å². The molecule has 0 aliphatic heterocycles. The molecule has 0 radical (unpaired) electrons. The lowest BCUT2D eigenvalue weighted by atomic mass is 10.0. The first kappa shape index (κ1) is 13.7. The number of rotatable bonds is 5. The average Bonchev–Trinajstić information content (AvgIpc) is 3.16. The Labute approximate surface area is 115 Å². The first-order chi connectivity index (χ1) is 9.07. The number of benzene rings is 1. The first-order valence-corrected chi connectivity index (χ1v) is 6.97. The molecule has 3 N–H and O–H groups in total. The van der Waals surface area contributed by atoms with Crippen molar-refractivity contribution in [2.24, 2.45) is 0 Å². The molecule has 1 aromatic carbocycles. The predicted octanol–water partition coefficient (Wildman–Crippen LogP) is 2.70. The molecule has 0 saturated heterocycles. The van der Waals surface area contributed by atoms with Crippen LogP contribution in [0.1, 0.15) is 38.2 Å². The Kier molecular flexibility index (Phi) is 3.98. The number of urea groups is 1. The lowest BCUT2D eigenvalue weighted by Gasteiger charge is -2.23. The van der Waals surface area contributed by atoms with Gasteiger partial charge >= 0.3 is 6.03 Å². The lowest BCUT2D eigenvalue weighted by molar-refractivity contribution is 0.202. The van der Waals surface area contributed by atoms with Crippen molar-refractivity contribution in [2.75, 3.05) is 19.3 Å². The highest BCUT2D eigenvalue weighted by Crippen LogP contribution is 2.45. The van der Waals surface area contributed by atoms with Gasteiger partial charge in [0.25, 0.3) is 0 Å². The fourth-order valence-electron chi connectivity index (χ4n) is 2.24. The van der Waals surface area contributed by atoms with Crippen LogP contribution < -0.4 is 11.1 Å². The van der Waals surface area contributed by atoms with E-state index >= 15 is 0 Å². The number of nitrogen functional groups attached to an aromatic ring is 1. The molecule has 0 aromatic heterocycles. The molecule has 1 aliphatic carbocycles. The fourth-order valence-corrected chi connectivity index (χ4v) is 2.24. The van der Waals surface area contributed by atoms with E-state index < -0.39 is 0 Å². The minimum absolute atomic E-state index is 0.00775. The van der Waals surface area contributed by atoms with Gasteiger partial charge in [-0.3, -0.25) is 0 Å². The highest BCUT2D eigenvalue weighted by molar-refractivity contribution is 5.75. The van der Waals surface area contributed by atoms with Gasteiger partial charge in [-0.25, -0.2) is 4.79 Å². The second kappa shape index (κ2) is 5.51. The van der Waals surface area contributed by atoms with Crippen molar-refractivity contribution in [3.63, 3.8) is 0 Å². The Morgan fingerprint density at radius 2 is 2.21 bits per heavy atom. The van der Waals surface area contributed by atoms with Gasteiger partial charge in [-0.05, 0) is 37.0 Å². The lowest BCUT2D eigenvalue weighted by Crippen LogP contribution is -2.43. The molecule has 0 bridgehead atoms. The van der Waals surface area contributed by atoms with E-state index in [1.54, 1.807) is 4.90 Å². The number of nitrogens with two attached hydrogens (primary N) is 1. The van der Waals surface area contributed by atoms with Gasteiger partial charge in [-0.2, -0.15) is 0 Å². The van der Waals surface area contributed by atoms with Crippen LogP contribution in [0.5, 0.6) is 0 Å². The molecule has 4 nitrogen and oxygen atoms in total. The van der Waals surface area contributed by atoms with E-state index in [1.807, 2.05) is 31.3 Å². The molecule has 1 fully saturated rings. The van der Waals surface area contributed by atoms with Crippen LogP contribution in [0.25, 0.3) is 0 Å². The molecule has 0 unspecified atom stereocenters. The summed E-state index contributed by atoms with van der Waals surface area (Å²) in [6.45, 7) is 2.93. The van der Waals surface area contributed by atoms with Crippen LogP contribution in [0.15, 0.2) is 24.3 Å². The minimum Gasteiger partial charge on any atom is -0.399 e. The molecule has 1 aliphatic rings. The molecule has 2 rings (SSSR count). The number of carbonyl (C=O) groups excluding carboxylic acids is 1. The average molecular weight is 261 g/mol. The van der Waals surface area contributed by atoms with Crippen LogP contribution in [-0.4, -0.2) is 24.5 Å². The summed E-state index contributed by atoms with van der Waals surface area (Å²) in [6, 6.07) is 7.81. The number of hydrogen-bond acceptors (Lipinski definition) is 2. The molecule has 4 heteroatoms. The maximum Gasteiger partial charge on any atom is 0.317 e. The molecule has 0 spiro atoms. The summed E-state index contributed by atoms with van der Waals surface area (Å²) in [5, 5.41) is 3.15. The number of hydrogen-bond donors (Lipinski definition) is 2. The Morgan fingerprint density at radius 3 is 2.79 bits per heavy atom.